The van der Waals surface area contributed by atoms with Crippen LogP contribution < -0.4 is 5.32 Å². The molecule has 2 unspecified atom stereocenters. The molecular formula is C17H17F2NO. The maximum atomic E-state index is 13.7. The van der Waals surface area contributed by atoms with Gasteiger partial charge in [-0.15, -0.1) is 0 Å². The highest BCUT2D eigenvalue weighted by molar-refractivity contribution is 5.22. The number of rotatable bonds is 3. The molecule has 1 fully saturated rings. The van der Waals surface area contributed by atoms with Crippen LogP contribution in [0.5, 0.6) is 0 Å². The van der Waals surface area contributed by atoms with E-state index in [1.165, 1.54) is 11.6 Å². The lowest BCUT2D eigenvalue weighted by molar-refractivity contribution is 0.00103. The molecule has 3 rings (SSSR count). The number of hydrogen-bond donors (Lipinski definition) is 1. The number of hydrogen-bond acceptors (Lipinski definition) is 2. The second-order valence-electron chi connectivity index (χ2n) is 5.28. The maximum absolute atomic E-state index is 13.7. The summed E-state index contributed by atoms with van der Waals surface area (Å²) in [4.78, 5) is 0. The third kappa shape index (κ3) is 3.46. The van der Waals surface area contributed by atoms with Crippen molar-refractivity contribution in [2.24, 2.45) is 0 Å². The fourth-order valence-corrected chi connectivity index (χ4v) is 2.61. The van der Waals surface area contributed by atoms with Crippen LogP contribution in [-0.4, -0.2) is 19.2 Å². The molecule has 2 atom stereocenters. The first kappa shape index (κ1) is 14.2. The Morgan fingerprint density at radius 1 is 1.10 bits per heavy atom. The van der Waals surface area contributed by atoms with Crippen molar-refractivity contribution in [1.82, 2.24) is 5.32 Å². The van der Waals surface area contributed by atoms with Gasteiger partial charge in [-0.05, 0) is 30.2 Å². The molecule has 2 aromatic rings. The third-order valence-electron chi connectivity index (χ3n) is 3.72. The highest BCUT2D eigenvalue weighted by atomic mass is 19.1. The van der Waals surface area contributed by atoms with Crippen molar-refractivity contribution in [3.8, 4) is 0 Å². The number of morpholine rings is 1. The first-order chi connectivity index (χ1) is 10.2. The van der Waals surface area contributed by atoms with Gasteiger partial charge in [-0.2, -0.15) is 0 Å². The van der Waals surface area contributed by atoms with Gasteiger partial charge in [0.2, 0.25) is 0 Å². The molecule has 110 valence electrons. The van der Waals surface area contributed by atoms with Crippen LogP contribution in [0, 0.1) is 11.6 Å². The molecule has 1 heterocycles. The van der Waals surface area contributed by atoms with Crippen molar-refractivity contribution in [3.63, 3.8) is 0 Å². The standard InChI is InChI=1S/C17H17F2NO/c18-13-6-7-16(19)15(9-13)17-10-20-14(11-21-17)8-12-4-2-1-3-5-12/h1-7,9,14,17,20H,8,10-11H2. The van der Waals surface area contributed by atoms with Gasteiger partial charge in [0.25, 0.3) is 0 Å². The van der Waals surface area contributed by atoms with Crippen LogP contribution in [0.2, 0.25) is 0 Å². The smallest absolute Gasteiger partial charge is 0.129 e. The fourth-order valence-electron chi connectivity index (χ4n) is 2.61. The zero-order chi connectivity index (χ0) is 14.7. The van der Waals surface area contributed by atoms with Gasteiger partial charge in [0.05, 0.1) is 12.7 Å². The molecule has 0 bridgehead atoms. The number of benzene rings is 2. The van der Waals surface area contributed by atoms with E-state index in [4.69, 9.17) is 4.74 Å². The van der Waals surface area contributed by atoms with E-state index in [-0.39, 0.29) is 11.6 Å². The van der Waals surface area contributed by atoms with E-state index >= 15 is 0 Å². The minimum absolute atomic E-state index is 0.195. The molecule has 21 heavy (non-hydrogen) atoms. The van der Waals surface area contributed by atoms with Gasteiger partial charge >= 0.3 is 0 Å². The average molecular weight is 289 g/mol. The van der Waals surface area contributed by atoms with Gasteiger partial charge in [-0.25, -0.2) is 8.78 Å². The van der Waals surface area contributed by atoms with Crippen molar-refractivity contribution in [3.05, 3.63) is 71.3 Å². The predicted octanol–water partition coefficient (Wildman–Crippen LogP) is 3.24. The zero-order valence-electron chi connectivity index (χ0n) is 11.6. The Balaban J connectivity index is 1.61. The minimum atomic E-state index is -0.443. The summed E-state index contributed by atoms with van der Waals surface area (Å²) in [6.45, 7) is 0.966. The van der Waals surface area contributed by atoms with Crippen LogP contribution in [0.1, 0.15) is 17.2 Å². The first-order valence-corrected chi connectivity index (χ1v) is 7.06. The maximum Gasteiger partial charge on any atom is 0.129 e. The molecule has 0 amide bonds. The second-order valence-corrected chi connectivity index (χ2v) is 5.28. The van der Waals surface area contributed by atoms with Crippen LogP contribution in [0.25, 0.3) is 0 Å². The molecule has 1 aliphatic heterocycles. The van der Waals surface area contributed by atoms with E-state index in [1.807, 2.05) is 18.2 Å². The third-order valence-corrected chi connectivity index (χ3v) is 3.72. The van der Waals surface area contributed by atoms with Crippen LogP contribution in [0.4, 0.5) is 8.78 Å². The predicted molar refractivity (Wildman–Crippen MR) is 77.0 cm³/mol. The van der Waals surface area contributed by atoms with Crippen molar-refractivity contribution in [2.45, 2.75) is 18.6 Å². The summed E-state index contributed by atoms with van der Waals surface area (Å²) in [5, 5.41) is 3.35. The lowest BCUT2D eigenvalue weighted by Gasteiger charge is -2.31. The van der Waals surface area contributed by atoms with E-state index in [0.717, 1.165) is 18.6 Å². The van der Waals surface area contributed by atoms with Gasteiger partial charge in [-0.3, -0.25) is 0 Å². The number of halogens is 2. The van der Waals surface area contributed by atoms with Gasteiger partial charge in [0.1, 0.15) is 11.6 Å². The molecule has 4 heteroatoms. The molecule has 2 nitrogen and oxygen atoms in total. The van der Waals surface area contributed by atoms with Gasteiger partial charge in [0.15, 0.2) is 0 Å². The summed E-state index contributed by atoms with van der Waals surface area (Å²) in [7, 11) is 0. The molecule has 1 N–H and O–H groups in total. The highest BCUT2D eigenvalue weighted by Gasteiger charge is 2.24. The van der Waals surface area contributed by atoms with Crippen LogP contribution in [0.15, 0.2) is 48.5 Å². The zero-order valence-corrected chi connectivity index (χ0v) is 11.6. The Labute approximate surface area is 122 Å². The lowest BCUT2D eigenvalue weighted by atomic mass is 10.0. The molecule has 1 saturated heterocycles. The molecular weight excluding hydrogens is 272 g/mol. The normalized spacial score (nSPS) is 22.2. The summed E-state index contributed by atoms with van der Waals surface area (Å²) >= 11 is 0. The largest absolute Gasteiger partial charge is 0.370 e. The minimum Gasteiger partial charge on any atom is -0.370 e. The Morgan fingerprint density at radius 3 is 2.62 bits per heavy atom. The Hall–Kier alpha value is -1.78. The highest BCUT2D eigenvalue weighted by Crippen LogP contribution is 2.24. The Morgan fingerprint density at radius 2 is 1.90 bits per heavy atom. The van der Waals surface area contributed by atoms with Gasteiger partial charge in [-0.1, -0.05) is 30.3 Å². The summed E-state index contributed by atoms with van der Waals surface area (Å²) in [5.74, 6) is -0.869. The summed E-state index contributed by atoms with van der Waals surface area (Å²) < 4.78 is 32.7. The SMILES string of the molecule is Fc1ccc(F)c(C2CNC(Cc3ccccc3)CO2)c1. The summed E-state index contributed by atoms with van der Waals surface area (Å²) in [6, 6.07) is 13.8. The number of nitrogens with one attached hydrogen (secondary N) is 1. The molecule has 0 aliphatic carbocycles. The fraction of sp³-hybridized carbons (Fsp3) is 0.294. The Bertz CT molecular complexity index is 595. The number of ether oxygens (including phenoxy) is 1. The summed E-state index contributed by atoms with van der Waals surface area (Å²) in [6.07, 6.45) is 0.423. The molecule has 2 aromatic carbocycles. The van der Waals surface area contributed by atoms with Crippen LogP contribution in [-0.2, 0) is 11.2 Å². The van der Waals surface area contributed by atoms with E-state index in [2.05, 4.69) is 17.4 Å². The van der Waals surface area contributed by atoms with Crippen molar-refractivity contribution in [2.75, 3.05) is 13.2 Å². The lowest BCUT2D eigenvalue weighted by Crippen LogP contribution is -2.44. The van der Waals surface area contributed by atoms with E-state index in [1.54, 1.807) is 0 Å². The molecule has 0 saturated carbocycles. The topological polar surface area (TPSA) is 21.3 Å². The van der Waals surface area contributed by atoms with Crippen molar-refractivity contribution in [1.29, 1.82) is 0 Å². The van der Waals surface area contributed by atoms with E-state index < -0.39 is 17.7 Å². The van der Waals surface area contributed by atoms with Crippen LogP contribution in [0.3, 0.4) is 0 Å². The van der Waals surface area contributed by atoms with Gasteiger partial charge in [0, 0.05) is 18.2 Å². The molecule has 0 spiro atoms. The first-order valence-electron chi connectivity index (χ1n) is 7.06. The second kappa shape index (κ2) is 6.33. The van der Waals surface area contributed by atoms with Gasteiger partial charge < -0.3 is 10.1 Å². The van der Waals surface area contributed by atoms with Crippen LogP contribution >= 0.6 is 0 Å². The van der Waals surface area contributed by atoms with E-state index in [9.17, 15) is 8.78 Å². The molecule has 0 radical (unpaired) electrons. The monoisotopic (exact) mass is 289 g/mol. The van der Waals surface area contributed by atoms with Crippen molar-refractivity contribution < 1.29 is 13.5 Å². The molecule has 1 aliphatic rings. The van der Waals surface area contributed by atoms with E-state index in [0.29, 0.717) is 13.2 Å². The van der Waals surface area contributed by atoms with Crippen molar-refractivity contribution >= 4 is 0 Å². The summed E-state index contributed by atoms with van der Waals surface area (Å²) in [5.41, 5.74) is 1.51. The molecule has 0 aromatic heterocycles. The average Bonchev–Trinajstić information content (AvgIpc) is 2.52. The Kier molecular flexibility index (Phi) is 4.27. The quantitative estimate of drug-likeness (QED) is 0.936.